The third-order valence-corrected chi connectivity index (χ3v) is 3.33. The van der Waals surface area contributed by atoms with Crippen LogP contribution in [0.15, 0.2) is 0 Å². The fourth-order valence-electron chi connectivity index (χ4n) is 0.900. The van der Waals surface area contributed by atoms with Crippen molar-refractivity contribution in [2.45, 2.75) is 37.3 Å². The first-order valence-corrected chi connectivity index (χ1v) is 5.44. The van der Waals surface area contributed by atoms with E-state index in [1.165, 1.54) is 0 Å². The number of hydrogen-bond acceptors (Lipinski definition) is 2. The largest absolute Gasteiger partial charge is 0.285 e. The summed E-state index contributed by atoms with van der Waals surface area (Å²) < 4.78 is 29.9. The highest BCUT2D eigenvalue weighted by molar-refractivity contribution is 7.86. The molecule has 0 bridgehead atoms. The zero-order valence-electron chi connectivity index (χ0n) is 6.62. The maximum Gasteiger partial charge on any atom is 0.269 e. The Balaban J connectivity index is 4.36. The van der Waals surface area contributed by atoms with E-state index >= 15 is 0 Å². The summed E-state index contributed by atoms with van der Waals surface area (Å²) in [6, 6.07) is 0. The van der Waals surface area contributed by atoms with Gasteiger partial charge in [0.1, 0.15) is 5.25 Å². The van der Waals surface area contributed by atoms with Crippen molar-refractivity contribution in [3.05, 3.63) is 0 Å². The molecule has 0 aromatic heterocycles. The molecule has 0 radical (unpaired) electrons. The normalized spacial score (nSPS) is 17.8. The number of rotatable bonds is 4. The Morgan fingerprint density at radius 3 is 2.09 bits per heavy atom. The Bertz CT molecular complexity index is 198. The van der Waals surface area contributed by atoms with Gasteiger partial charge in [0.25, 0.3) is 10.1 Å². The molecule has 2 unspecified atom stereocenters. The molecule has 2 atom stereocenters. The molecule has 0 aliphatic carbocycles. The Morgan fingerprint density at radius 1 is 1.55 bits per heavy atom. The molecule has 5 heteroatoms. The molecule has 0 aliphatic heterocycles. The van der Waals surface area contributed by atoms with Crippen LogP contribution in [0.25, 0.3) is 0 Å². The lowest BCUT2D eigenvalue weighted by Crippen LogP contribution is -2.28. The molecule has 0 aromatic carbocycles. The molecule has 0 aromatic rings. The minimum atomic E-state index is -3.96. The Morgan fingerprint density at radius 2 is 2.00 bits per heavy atom. The summed E-state index contributed by atoms with van der Waals surface area (Å²) >= 11 is 5.57. The molecule has 0 rings (SSSR count). The Hall–Kier alpha value is 0.200. The maximum atomic E-state index is 10.6. The molecular weight excluding hydrogens is 188 g/mol. The quantitative estimate of drug-likeness (QED) is 0.555. The molecule has 0 spiro atoms. The third-order valence-electron chi connectivity index (χ3n) is 1.47. The van der Waals surface area contributed by atoms with E-state index in [1.807, 2.05) is 6.92 Å². The van der Waals surface area contributed by atoms with E-state index in [9.17, 15) is 8.42 Å². The van der Waals surface area contributed by atoms with Crippen LogP contribution in [0.5, 0.6) is 0 Å². The van der Waals surface area contributed by atoms with Crippen molar-refractivity contribution in [2.24, 2.45) is 0 Å². The van der Waals surface area contributed by atoms with Crippen LogP contribution in [-0.4, -0.2) is 23.6 Å². The maximum absolute atomic E-state index is 10.6. The van der Waals surface area contributed by atoms with Crippen LogP contribution in [-0.2, 0) is 10.1 Å². The van der Waals surface area contributed by atoms with Crippen LogP contribution in [0.2, 0.25) is 0 Å². The van der Waals surface area contributed by atoms with E-state index in [0.29, 0.717) is 12.8 Å². The van der Waals surface area contributed by atoms with Gasteiger partial charge in [-0.25, -0.2) is 0 Å². The van der Waals surface area contributed by atoms with Gasteiger partial charge in [0.15, 0.2) is 0 Å². The van der Waals surface area contributed by atoms with Crippen molar-refractivity contribution < 1.29 is 13.0 Å². The zero-order chi connectivity index (χ0) is 9.07. The first-order chi connectivity index (χ1) is 4.89. The lowest BCUT2D eigenvalue weighted by molar-refractivity contribution is 0.459. The van der Waals surface area contributed by atoms with E-state index in [1.54, 1.807) is 6.92 Å². The van der Waals surface area contributed by atoms with Gasteiger partial charge in [-0.2, -0.15) is 8.42 Å². The van der Waals surface area contributed by atoms with Gasteiger partial charge in [-0.3, -0.25) is 4.55 Å². The topological polar surface area (TPSA) is 54.4 Å². The summed E-state index contributed by atoms with van der Waals surface area (Å²) in [6.45, 7) is 3.41. The standard InChI is InChI=1S/C6H13ClO3S/c1-3-4-6(5(2)7)11(8,9)10/h5-6H,3-4H2,1-2H3,(H,8,9,10). The van der Waals surface area contributed by atoms with Crippen molar-refractivity contribution >= 4 is 21.7 Å². The van der Waals surface area contributed by atoms with Crippen LogP contribution in [0, 0.1) is 0 Å². The smallest absolute Gasteiger partial charge is 0.269 e. The number of alkyl halides is 1. The van der Waals surface area contributed by atoms with Gasteiger partial charge in [-0.15, -0.1) is 11.6 Å². The minimum absolute atomic E-state index is 0.406. The average molecular weight is 201 g/mol. The van der Waals surface area contributed by atoms with E-state index in [-0.39, 0.29) is 0 Å². The first kappa shape index (κ1) is 11.2. The molecule has 0 heterocycles. The monoisotopic (exact) mass is 200 g/mol. The number of halogens is 1. The fraction of sp³-hybridized carbons (Fsp3) is 1.00. The fourth-order valence-corrected chi connectivity index (χ4v) is 2.42. The zero-order valence-corrected chi connectivity index (χ0v) is 8.19. The summed E-state index contributed by atoms with van der Waals surface area (Å²) in [4.78, 5) is 0. The molecule has 0 saturated heterocycles. The van der Waals surface area contributed by atoms with Gasteiger partial charge in [0.2, 0.25) is 0 Å². The first-order valence-electron chi connectivity index (χ1n) is 3.50. The lowest BCUT2D eigenvalue weighted by atomic mass is 10.2. The molecule has 11 heavy (non-hydrogen) atoms. The van der Waals surface area contributed by atoms with Crippen molar-refractivity contribution in [2.75, 3.05) is 0 Å². The van der Waals surface area contributed by atoms with Gasteiger partial charge >= 0.3 is 0 Å². The van der Waals surface area contributed by atoms with Crippen LogP contribution in [0.4, 0.5) is 0 Å². The molecule has 0 aliphatic rings. The highest BCUT2D eigenvalue weighted by atomic mass is 35.5. The second kappa shape index (κ2) is 4.28. The highest BCUT2D eigenvalue weighted by Gasteiger charge is 2.26. The Labute approximate surface area is 72.5 Å². The van der Waals surface area contributed by atoms with Gasteiger partial charge in [0, 0.05) is 5.38 Å². The van der Waals surface area contributed by atoms with Crippen molar-refractivity contribution in [1.82, 2.24) is 0 Å². The predicted octanol–water partition coefficient (Wildman–Crippen LogP) is 1.67. The van der Waals surface area contributed by atoms with E-state index in [0.717, 1.165) is 0 Å². The van der Waals surface area contributed by atoms with Crippen LogP contribution < -0.4 is 0 Å². The van der Waals surface area contributed by atoms with Crippen molar-refractivity contribution in [3.63, 3.8) is 0 Å². The van der Waals surface area contributed by atoms with E-state index < -0.39 is 20.7 Å². The summed E-state index contributed by atoms with van der Waals surface area (Å²) in [7, 11) is -3.96. The van der Waals surface area contributed by atoms with Crippen LogP contribution in [0.1, 0.15) is 26.7 Å². The van der Waals surface area contributed by atoms with Gasteiger partial charge in [0.05, 0.1) is 0 Å². The molecular formula is C6H13ClO3S. The third kappa shape index (κ3) is 3.94. The molecule has 1 N–H and O–H groups in total. The molecule has 3 nitrogen and oxygen atoms in total. The van der Waals surface area contributed by atoms with Crippen LogP contribution in [0.3, 0.4) is 0 Å². The number of hydrogen-bond donors (Lipinski definition) is 1. The molecule has 0 saturated carbocycles. The van der Waals surface area contributed by atoms with E-state index in [4.69, 9.17) is 16.2 Å². The van der Waals surface area contributed by atoms with E-state index in [2.05, 4.69) is 0 Å². The highest BCUT2D eigenvalue weighted by Crippen LogP contribution is 2.15. The van der Waals surface area contributed by atoms with Crippen LogP contribution >= 0.6 is 11.6 Å². The minimum Gasteiger partial charge on any atom is -0.285 e. The average Bonchev–Trinajstić information content (AvgIpc) is 1.79. The summed E-state index contributed by atoms with van der Waals surface area (Å²) in [5.74, 6) is 0. The van der Waals surface area contributed by atoms with Gasteiger partial charge in [-0.1, -0.05) is 13.3 Å². The lowest BCUT2D eigenvalue weighted by Gasteiger charge is -2.14. The molecule has 68 valence electrons. The van der Waals surface area contributed by atoms with Gasteiger partial charge in [-0.05, 0) is 13.3 Å². The SMILES string of the molecule is CCCC(C(C)Cl)S(=O)(=O)O. The van der Waals surface area contributed by atoms with Crippen molar-refractivity contribution in [3.8, 4) is 0 Å². The van der Waals surface area contributed by atoms with Gasteiger partial charge < -0.3 is 0 Å². The second-order valence-corrected chi connectivity index (χ2v) is 4.84. The molecule has 0 amide bonds. The van der Waals surface area contributed by atoms with Crippen molar-refractivity contribution in [1.29, 1.82) is 0 Å². The predicted molar refractivity (Wildman–Crippen MR) is 45.6 cm³/mol. The molecule has 0 fully saturated rings. The summed E-state index contributed by atoms with van der Waals surface area (Å²) in [6.07, 6.45) is 1.10. The summed E-state index contributed by atoms with van der Waals surface area (Å²) in [5, 5.41) is -1.36. The summed E-state index contributed by atoms with van der Waals surface area (Å²) in [5.41, 5.74) is 0. The Kier molecular flexibility index (Phi) is 4.36. The second-order valence-electron chi connectivity index (χ2n) is 2.52.